The van der Waals surface area contributed by atoms with Crippen LogP contribution in [0.1, 0.15) is 28.8 Å². The molecule has 1 aromatic heterocycles. The zero-order valence-electron chi connectivity index (χ0n) is 18.9. The van der Waals surface area contributed by atoms with Gasteiger partial charge in [0.25, 0.3) is 5.91 Å². The normalized spacial score (nSPS) is 17.9. The number of aryl methyl sites for hydroxylation is 2. The van der Waals surface area contributed by atoms with E-state index in [9.17, 15) is 9.59 Å². The molecular formula is C25H27N5O2S. The fourth-order valence-corrected chi connectivity index (χ4v) is 5.03. The zero-order chi connectivity index (χ0) is 23.1. The molecule has 1 atom stereocenters. The Morgan fingerprint density at radius 2 is 1.88 bits per heavy atom. The Balaban J connectivity index is 1.21. The second-order valence-corrected chi connectivity index (χ2v) is 9.19. The van der Waals surface area contributed by atoms with E-state index >= 15 is 0 Å². The van der Waals surface area contributed by atoms with Gasteiger partial charge in [0, 0.05) is 43.7 Å². The fourth-order valence-electron chi connectivity index (χ4n) is 4.75. The van der Waals surface area contributed by atoms with Crippen LogP contribution in [0.4, 0.5) is 11.5 Å². The lowest BCUT2D eigenvalue weighted by atomic mass is 10.1. The van der Waals surface area contributed by atoms with Gasteiger partial charge in [-0.25, -0.2) is 9.55 Å². The Hall–Kier alpha value is -3.26. The lowest BCUT2D eigenvalue weighted by Crippen LogP contribution is -2.49. The topological polar surface area (TPSA) is 70.5 Å². The molecule has 170 valence electrons. The summed E-state index contributed by atoms with van der Waals surface area (Å²) < 4.78 is 1.72. The predicted molar refractivity (Wildman–Crippen MR) is 133 cm³/mol. The monoisotopic (exact) mass is 461 g/mol. The van der Waals surface area contributed by atoms with Gasteiger partial charge in [-0.15, -0.1) is 0 Å². The van der Waals surface area contributed by atoms with Crippen molar-refractivity contribution < 1.29 is 9.59 Å². The molecule has 0 radical (unpaired) electrons. The maximum absolute atomic E-state index is 13.0. The van der Waals surface area contributed by atoms with Gasteiger partial charge >= 0.3 is 0 Å². The van der Waals surface area contributed by atoms with Crippen molar-refractivity contribution in [2.45, 2.75) is 32.7 Å². The Bertz CT molecular complexity index is 1310. The van der Waals surface area contributed by atoms with E-state index in [0.717, 1.165) is 24.0 Å². The van der Waals surface area contributed by atoms with Crippen LogP contribution in [-0.2, 0) is 4.79 Å². The first-order chi connectivity index (χ1) is 15.9. The second kappa shape index (κ2) is 8.59. The van der Waals surface area contributed by atoms with Crippen LogP contribution in [-0.4, -0.2) is 58.5 Å². The van der Waals surface area contributed by atoms with Crippen molar-refractivity contribution in [3.8, 4) is 0 Å². The number of para-hydroxylation sites is 1. The van der Waals surface area contributed by atoms with Crippen LogP contribution in [0.15, 0.2) is 42.5 Å². The zero-order valence-corrected chi connectivity index (χ0v) is 19.7. The molecule has 1 fully saturated rings. The summed E-state index contributed by atoms with van der Waals surface area (Å²) >= 11 is 5.35. The van der Waals surface area contributed by atoms with Gasteiger partial charge in [-0.1, -0.05) is 24.3 Å². The van der Waals surface area contributed by atoms with E-state index in [2.05, 4.69) is 47.2 Å². The Kier molecular flexibility index (Phi) is 5.62. The standard InChI is InChI=1S/C25H27N5O2S/c1-16-7-8-17(2)21(15-16)28-11-13-29(14-12-28)22(31)10-9-20-24(32)30-23(26-20)18-5-3-4-6-19(18)27-25(30)33/h3-8,15,20,26H,9-14H2,1-2H3. The maximum Gasteiger partial charge on any atom is 0.257 e. The highest BCUT2D eigenvalue weighted by Gasteiger charge is 2.33. The van der Waals surface area contributed by atoms with Gasteiger partial charge in [-0.05, 0) is 61.8 Å². The van der Waals surface area contributed by atoms with Crippen molar-refractivity contribution >= 4 is 46.4 Å². The molecular weight excluding hydrogens is 434 g/mol. The molecule has 0 aliphatic carbocycles. The largest absolute Gasteiger partial charge is 0.368 e. The van der Waals surface area contributed by atoms with Gasteiger partial charge in [-0.3, -0.25) is 9.59 Å². The van der Waals surface area contributed by atoms with Crippen molar-refractivity contribution in [2.24, 2.45) is 0 Å². The molecule has 5 rings (SSSR count). The van der Waals surface area contributed by atoms with Gasteiger partial charge in [0.05, 0.1) is 5.52 Å². The number of benzene rings is 2. The summed E-state index contributed by atoms with van der Waals surface area (Å²) in [5, 5.41) is 4.15. The number of hydrogen-bond acceptors (Lipinski definition) is 6. The molecule has 1 N–H and O–H groups in total. The highest BCUT2D eigenvalue weighted by molar-refractivity contribution is 7.71. The van der Waals surface area contributed by atoms with E-state index in [0.29, 0.717) is 31.7 Å². The summed E-state index contributed by atoms with van der Waals surface area (Å²) in [7, 11) is 0. The first-order valence-corrected chi connectivity index (χ1v) is 11.8. The molecule has 33 heavy (non-hydrogen) atoms. The van der Waals surface area contributed by atoms with Crippen LogP contribution in [0.3, 0.4) is 0 Å². The van der Waals surface area contributed by atoms with Crippen LogP contribution in [0.5, 0.6) is 0 Å². The van der Waals surface area contributed by atoms with E-state index in [4.69, 9.17) is 12.2 Å². The maximum atomic E-state index is 13.0. The van der Waals surface area contributed by atoms with Crippen LogP contribution >= 0.6 is 12.2 Å². The van der Waals surface area contributed by atoms with Crippen molar-refractivity contribution in [1.82, 2.24) is 14.5 Å². The lowest BCUT2D eigenvalue weighted by Gasteiger charge is -2.37. The lowest BCUT2D eigenvalue weighted by molar-refractivity contribution is -0.131. The summed E-state index contributed by atoms with van der Waals surface area (Å²) in [6.07, 6.45) is 0.749. The number of hydrogen-bond donors (Lipinski definition) is 1. The van der Waals surface area contributed by atoms with Crippen molar-refractivity contribution in [2.75, 3.05) is 36.4 Å². The van der Waals surface area contributed by atoms with E-state index in [1.54, 1.807) is 0 Å². The van der Waals surface area contributed by atoms with Crippen molar-refractivity contribution in [1.29, 1.82) is 0 Å². The van der Waals surface area contributed by atoms with Crippen molar-refractivity contribution in [3.05, 3.63) is 58.4 Å². The molecule has 1 saturated heterocycles. The van der Waals surface area contributed by atoms with Gasteiger partial charge in [0.15, 0.2) is 0 Å². The second-order valence-electron chi connectivity index (χ2n) is 8.83. The van der Waals surface area contributed by atoms with E-state index in [-0.39, 0.29) is 16.6 Å². The van der Waals surface area contributed by atoms with E-state index < -0.39 is 6.04 Å². The first-order valence-electron chi connectivity index (χ1n) is 11.3. The summed E-state index contributed by atoms with van der Waals surface area (Å²) in [5.41, 5.74) is 4.50. The van der Waals surface area contributed by atoms with Gasteiger partial charge < -0.3 is 15.1 Å². The third-order valence-electron chi connectivity index (χ3n) is 6.60. The Morgan fingerprint density at radius 1 is 1.12 bits per heavy atom. The summed E-state index contributed by atoms with van der Waals surface area (Å²) in [4.78, 5) is 34.5. The van der Waals surface area contributed by atoms with E-state index in [1.807, 2.05) is 29.2 Å². The predicted octanol–water partition coefficient (Wildman–Crippen LogP) is 3.95. The Morgan fingerprint density at radius 3 is 2.67 bits per heavy atom. The summed E-state index contributed by atoms with van der Waals surface area (Å²) in [6.45, 7) is 7.24. The molecule has 7 nitrogen and oxygen atoms in total. The fraction of sp³-hybridized carbons (Fsp3) is 0.360. The number of fused-ring (bicyclic) bond motifs is 3. The van der Waals surface area contributed by atoms with Crippen molar-refractivity contribution in [3.63, 3.8) is 0 Å². The van der Waals surface area contributed by atoms with E-state index in [1.165, 1.54) is 21.4 Å². The SMILES string of the molecule is Cc1ccc(C)c(N2CCN(C(=O)CCC3Nc4c5ccccc5nc(=S)n4C3=O)CC2)c1. The average molecular weight is 462 g/mol. The minimum Gasteiger partial charge on any atom is -0.368 e. The van der Waals surface area contributed by atoms with Crippen LogP contribution in [0.25, 0.3) is 10.9 Å². The third-order valence-corrected chi connectivity index (χ3v) is 6.88. The van der Waals surface area contributed by atoms with Gasteiger partial charge in [0.1, 0.15) is 11.9 Å². The Labute approximate surface area is 198 Å². The number of piperazine rings is 1. The average Bonchev–Trinajstić information content (AvgIpc) is 3.16. The highest BCUT2D eigenvalue weighted by Crippen LogP contribution is 2.29. The molecule has 2 aliphatic heterocycles. The van der Waals surface area contributed by atoms with Crippen LogP contribution < -0.4 is 10.2 Å². The van der Waals surface area contributed by atoms with Crippen LogP contribution in [0.2, 0.25) is 0 Å². The first kappa shape index (κ1) is 21.6. The van der Waals surface area contributed by atoms with Crippen LogP contribution in [0, 0.1) is 18.6 Å². The van der Waals surface area contributed by atoms with Gasteiger partial charge in [0.2, 0.25) is 10.7 Å². The molecule has 1 amide bonds. The number of carbonyl (C=O) groups excluding carboxylic acids is 2. The minimum absolute atomic E-state index is 0.0905. The molecule has 2 aromatic carbocycles. The number of amides is 1. The molecule has 2 aliphatic rings. The number of nitrogens with zero attached hydrogens (tertiary/aromatic N) is 4. The molecule has 8 heteroatoms. The highest BCUT2D eigenvalue weighted by atomic mass is 32.1. The number of anilines is 2. The quantitative estimate of drug-likeness (QED) is 0.594. The third kappa shape index (κ3) is 3.99. The molecule has 1 unspecified atom stereocenters. The number of rotatable bonds is 4. The number of nitrogens with one attached hydrogen (secondary N) is 1. The smallest absolute Gasteiger partial charge is 0.257 e. The molecule has 3 heterocycles. The number of aromatic nitrogens is 2. The molecule has 0 saturated carbocycles. The molecule has 3 aromatic rings. The minimum atomic E-state index is -0.473. The molecule has 0 bridgehead atoms. The summed E-state index contributed by atoms with van der Waals surface area (Å²) in [6, 6.07) is 13.6. The molecule has 0 spiro atoms. The summed E-state index contributed by atoms with van der Waals surface area (Å²) in [5.74, 6) is 0.628. The number of carbonyl (C=O) groups is 2. The van der Waals surface area contributed by atoms with Gasteiger partial charge in [-0.2, -0.15) is 0 Å².